The van der Waals surface area contributed by atoms with Crippen LogP contribution in [0.4, 0.5) is 5.69 Å². The number of hydrogen-bond acceptors (Lipinski definition) is 5. The lowest BCUT2D eigenvalue weighted by molar-refractivity contribution is -0.113. The van der Waals surface area contributed by atoms with Gasteiger partial charge in [0.1, 0.15) is 0 Å². The Morgan fingerprint density at radius 3 is 2.46 bits per heavy atom. The molecule has 0 fully saturated rings. The minimum Gasteiger partial charge on any atom is -0.416 e. The lowest BCUT2D eigenvalue weighted by Gasteiger charge is -2.03. The Morgan fingerprint density at radius 2 is 1.77 bits per heavy atom. The van der Waals surface area contributed by atoms with Crippen molar-refractivity contribution in [1.82, 2.24) is 10.2 Å². The third kappa shape index (κ3) is 5.34. The maximum absolute atomic E-state index is 12.0. The molecule has 3 aromatic rings. The van der Waals surface area contributed by atoms with Gasteiger partial charge in [0.2, 0.25) is 11.8 Å². The monoisotopic (exact) mass is 387 g/mol. The van der Waals surface area contributed by atoms with Crippen molar-refractivity contribution in [3.8, 4) is 0 Å². The van der Waals surface area contributed by atoms with E-state index in [9.17, 15) is 4.79 Å². The first-order chi connectivity index (χ1) is 12.6. The Labute approximate surface area is 161 Å². The van der Waals surface area contributed by atoms with E-state index in [1.165, 1.54) is 17.3 Å². The molecule has 2 aromatic carbocycles. The number of aryl methyl sites for hydroxylation is 1. The predicted molar refractivity (Wildman–Crippen MR) is 104 cm³/mol. The molecule has 1 N–H and O–H groups in total. The van der Waals surface area contributed by atoms with Crippen molar-refractivity contribution in [3.05, 3.63) is 70.6 Å². The van der Waals surface area contributed by atoms with Gasteiger partial charge < -0.3 is 9.73 Å². The molecular formula is C19H18ClN3O2S. The standard InChI is InChI=1S/C19H18ClN3O2S/c1-2-13-3-5-14(6-4-13)11-18-22-23-19(25-18)26-12-17(24)21-16-9-7-15(20)8-10-16/h3-10H,2,11-12H2,1H3,(H,21,24). The Balaban J connectivity index is 1.49. The second-order valence-electron chi connectivity index (χ2n) is 5.65. The fourth-order valence-corrected chi connectivity index (χ4v) is 3.00. The summed E-state index contributed by atoms with van der Waals surface area (Å²) < 4.78 is 5.60. The zero-order valence-electron chi connectivity index (χ0n) is 14.2. The summed E-state index contributed by atoms with van der Waals surface area (Å²) in [6, 6.07) is 15.3. The van der Waals surface area contributed by atoms with E-state index < -0.39 is 0 Å². The van der Waals surface area contributed by atoms with E-state index >= 15 is 0 Å². The van der Waals surface area contributed by atoms with Crippen molar-refractivity contribution in [3.63, 3.8) is 0 Å². The number of amides is 1. The number of rotatable bonds is 7. The summed E-state index contributed by atoms with van der Waals surface area (Å²) >= 11 is 7.03. The molecule has 1 heterocycles. The van der Waals surface area contributed by atoms with Crippen LogP contribution in [-0.2, 0) is 17.6 Å². The van der Waals surface area contributed by atoms with Gasteiger partial charge in [0.05, 0.1) is 12.2 Å². The smallest absolute Gasteiger partial charge is 0.277 e. The van der Waals surface area contributed by atoms with Crippen LogP contribution in [-0.4, -0.2) is 21.9 Å². The van der Waals surface area contributed by atoms with E-state index in [1.54, 1.807) is 24.3 Å². The van der Waals surface area contributed by atoms with Crippen LogP contribution in [0, 0.1) is 0 Å². The first-order valence-corrected chi connectivity index (χ1v) is 9.57. The summed E-state index contributed by atoms with van der Waals surface area (Å²) in [6.07, 6.45) is 1.59. The molecule has 3 rings (SSSR count). The number of anilines is 1. The lowest BCUT2D eigenvalue weighted by atomic mass is 10.1. The molecule has 7 heteroatoms. The van der Waals surface area contributed by atoms with E-state index in [0.717, 1.165) is 12.0 Å². The molecule has 0 saturated carbocycles. The van der Waals surface area contributed by atoms with Crippen molar-refractivity contribution in [2.24, 2.45) is 0 Å². The molecule has 0 aliphatic rings. The SMILES string of the molecule is CCc1ccc(Cc2nnc(SCC(=O)Nc3ccc(Cl)cc3)o2)cc1. The highest BCUT2D eigenvalue weighted by Gasteiger charge is 2.10. The van der Waals surface area contributed by atoms with Gasteiger partial charge in [-0.1, -0.05) is 54.6 Å². The van der Waals surface area contributed by atoms with Crippen molar-refractivity contribution >= 4 is 35.0 Å². The molecule has 134 valence electrons. The first kappa shape index (κ1) is 18.5. The molecule has 0 spiro atoms. The summed E-state index contributed by atoms with van der Waals surface area (Å²) in [7, 11) is 0. The molecule has 0 radical (unpaired) electrons. The number of hydrogen-bond donors (Lipinski definition) is 1. The molecule has 1 aromatic heterocycles. The molecular weight excluding hydrogens is 370 g/mol. The zero-order valence-corrected chi connectivity index (χ0v) is 15.8. The number of nitrogens with zero attached hydrogens (tertiary/aromatic N) is 2. The highest BCUT2D eigenvalue weighted by atomic mass is 35.5. The normalized spacial score (nSPS) is 10.7. The molecule has 0 aliphatic carbocycles. The quantitative estimate of drug-likeness (QED) is 0.599. The topological polar surface area (TPSA) is 68.0 Å². The van der Waals surface area contributed by atoms with Crippen LogP contribution in [0.5, 0.6) is 0 Å². The van der Waals surface area contributed by atoms with Gasteiger partial charge >= 0.3 is 0 Å². The maximum atomic E-state index is 12.0. The van der Waals surface area contributed by atoms with E-state index in [-0.39, 0.29) is 11.7 Å². The van der Waals surface area contributed by atoms with Crippen molar-refractivity contribution in [2.45, 2.75) is 25.0 Å². The molecule has 0 bridgehead atoms. The van der Waals surface area contributed by atoms with Crippen molar-refractivity contribution in [2.75, 3.05) is 11.1 Å². The minimum absolute atomic E-state index is 0.146. The molecule has 0 atom stereocenters. The van der Waals surface area contributed by atoms with Crippen LogP contribution >= 0.6 is 23.4 Å². The summed E-state index contributed by atoms with van der Waals surface area (Å²) in [4.78, 5) is 12.0. The summed E-state index contributed by atoms with van der Waals surface area (Å²) in [5, 5.41) is 11.8. The van der Waals surface area contributed by atoms with E-state index in [1.807, 2.05) is 0 Å². The molecule has 5 nitrogen and oxygen atoms in total. The van der Waals surface area contributed by atoms with Gasteiger partial charge in [-0.05, 0) is 41.8 Å². The van der Waals surface area contributed by atoms with Gasteiger partial charge in [-0.3, -0.25) is 4.79 Å². The summed E-state index contributed by atoms with van der Waals surface area (Å²) in [5.41, 5.74) is 3.10. The van der Waals surface area contributed by atoms with Crippen LogP contribution in [0.25, 0.3) is 0 Å². The maximum Gasteiger partial charge on any atom is 0.277 e. The average Bonchev–Trinajstić information content (AvgIpc) is 3.10. The van der Waals surface area contributed by atoms with Gasteiger partial charge in [-0.2, -0.15) is 0 Å². The molecule has 0 saturated heterocycles. The number of carbonyl (C=O) groups excluding carboxylic acids is 1. The van der Waals surface area contributed by atoms with Crippen LogP contribution in [0.2, 0.25) is 5.02 Å². The molecule has 0 aliphatic heterocycles. The summed E-state index contributed by atoms with van der Waals surface area (Å²) in [5.74, 6) is 0.581. The third-order valence-electron chi connectivity index (χ3n) is 3.69. The van der Waals surface area contributed by atoms with Gasteiger partial charge in [0.25, 0.3) is 5.22 Å². The van der Waals surface area contributed by atoms with E-state index in [2.05, 4.69) is 46.7 Å². The van der Waals surface area contributed by atoms with Gasteiger partial charge in [0, 0.05) is 10.7 Å². The van der Waals surface area contributed by atoms with Crippen LogP contribution < -0.4 is 5.32 Å². The Hall–Kier alpha value is -2.31. The highest BCUT2D eigenvalue weighted by molar-refractivity contribution is 7.99. The Morgan fingerprint density at radius 1 is 1.08 bits per heavy atom. The second-order valence-corrected chi connectivity index (χ2v) is 7.02. The van der Waals surface area contributed by atoms with Crippen LogP contribution in [0.15, 0.2) is 58.2 Å². The van der Waals surface area contributed by atoms with Crippen LogP contribution in [0.3, 0.4) is 0 Å². The molecule has 0 unspecified atom stereocenters. The Kier molecular flexibility index (Phi) is 6.30. The third-order valence-corrected chi connectivity index (χ3v) is 4.76. The molecule has 26 heavy (non-hydrogen) atoms. The van der Waals surface area contributed by atoms with Gasteiger partial charge in [-0.15, -0.1) is 10.2 Å². The average molecular weight is 388 g/mol. The number of thioether (sulfide) groups is 1. The number of benzene rings is 2. The highest BCUT2D eigenvalue weighted by Crippen LogP contribution is 2.19. The number of carbonyl (C=O) groups is 1. The number of aromatic nitrogens is 2. The lowest BCUT2D eigenvalue weighted by Crippen LogP contribution is -2.13. The van der Waals surface area contributed by atoms with Gasteiger partial charge in [-0.25, -0.2) is 0 Å². The summed E-state index contributed by atoms with van der Waals surface area (Å²) in [6.45, 7) is 2.12. The fourth-order valence-electron chi connectivity index (χ4n) is 2.29. The number of halogens is 1. The van der Waals surface area contributed by atoms with Crippen LogP contribution in [0.1, 0.15) is 23.9 Å². The number of nitrogens with one attached hydrogen (secondary N) is 1. The largest absolute Gasteiger partial charge is 0.416 e. The Bertz CT molecular complexity index is 863. The minimum atomic E-state index is -0.146. The van der Waals surface area contributed by atoms with E-state index in [0.29, 0.717) is 28.2 Å². The second kappa shape index (κ2) is 8.87. The first-order valence-electron chi connectivity index (χ1n) is 8.21. The van der Waals surface area contributed by atoms with Crippen molar-refractivity contribution < 1.29 is 9.21 Å². The molecule has 1 amide bonds. The zero-order chi connectivity index (χ0) is 18.4. The fraction of sp³-hybridized carbons (Fsp3) is 0.211. The predicted octanol–water partition coefficient (Wildman–Crippen LogP) is 4.61. The van der Waals surface area contributed by atoms with E-state index in [4.69, 9.17) is 16.0 Å². The van der Waals surface area contributed by atoms with Gasteiger partial charge in [0.15, 0.2) is 0 Å². The van der Waals surface area contributed by atoms with Crippen molar-refractivity contribution in [1.29, 1.82) is 0 Å².